The number of aromatic nitrogens is 2. The number of nitrogens with one attached hydrogen (secondary N) is 1. The summed E-state index contributed by atoms with van der Waals surface area (Å²) in [5.41, 5.74) is 2.68. The van der Waals surface area contributed by atoms with Crippen molar-refractivity contribution in [3.05, 3.63) is 114 Å². The van der Waals surface area contributed by atoms with Gasteiger partial charge in [-0.2, -0.15) is 5.10 Å². The fraction of sp³-hybridized carbons (Fsp3) is 0.115. The number of para-hydroxylation sites is 2. The van der Waals surface area contributed by atoms with Gasteiger partial charge in [0, 0.05) is 6.20 Å². The molecule has 1 atom stereocenters. The van der Waals surface area contributed by atoms with Crippen LogP contribution < -0.4 is 10.1 Å². The summed E-state index contributed by atoms with van der Waals surface area (Å²) in [4.78, 5) is 25.5. The fourth-order valence-corrected chi connectivity index (χ4v) is 3.35. The highest BCUT2D eigenvalue weighted by molar-refractivity contribution is 6.10. The molecule has 0 saturated heterocycles. The van der Waals surface area contributed by atoms with Crippen molar-refractivity contribution in [1.29, 1.82) is 0 Å². The maximum absolute atomic E-state index is 13.1. The Balaban J connectivity index is 1.43. The van der Waals surface area contributed by atoms with E-state index in [1.54, 1.807) is 35.1 Å². The third kappa shape index (κ3) is 4.92. The summed E-state index contributed by atoms with van der Waals surface area (Å²) >= 11 is 0. The van der Waals surface area contributed by atoms with Crippen molar-refractivity contribution in [1.82, 2.24) is 15.1 Å². The zero-order valence-electron chi connectivity index (χ0n) is 17.6. The summed E-state index contributed by atoms with van der Waals surface area (Å²) in [6.45, 7) is 1.72. The van der Waals surface area contributed by atoms with E-state index in [9.17, 15) is 9.59 Å². The third-order valence-electron chi connectivity index (χ3n) is 5.03. The molecule has 0 bridgehead atoms. The maximum Gasteiger partial charge on any atom is 0.258 e. The predicted octanol–water partition coefficient (Wildman–Crippen LogP) is 4.36. The zero-order valence-corrected chi connectivity index (χ0v) is 17.6. The number of amides is 1. The van der Waals surface area contributed by atoms with E-state index in [1.165, 1.54) is 6.20 Å². The van der Waals surface area contributed by atoms with Gasteiger partial charge in [-0.15, -0.1) is 0 Å². The number of ketones is 1. The Kier molecular flexibility index (Phi) is 6.41. The Morgan fingerprint density at radius 3 is 2.34 bits per heavy atom. The highest BCUT2D eigenvalue weighted by Crippen LogP contribution is 2.22. The molecule has 1 N–H and O–H groups in total. The number of ether oxygens (including phenoxy) is 1. The minimum atomic E-state index is -0.263. The third-order valence-corrected chi connectivity index (χ3v) is 5.03. The lowest BCUT2D eigenvalue weighted by molar-refractivity contribution is -0.123. The Bertz CT molecular complexity index is 1200. The molecule has 0 aliphatic rings. The van der Waals surface area contributed by atoms with E-state index in [2.05, 4.69) is 10.4 Å². The number of carbonyl (C=O) groups is 2. The normalized spacial score (nSPS) is 11.5. The predicted molar refractivity (Wildman–Crippen MR) is 122 cm³/mol. The lowest BCUT2D eigenvalue weighted by atomic mass is 10.1. The van der Waals surface area contributed by atoms with Gasteiger partial charge in [-0.1, -0.05) is 60.7 Å². The van der Waals surface area contributed by atoms with Crippen LogP contribution in [0.25, 0.3) is 5.69 Å². The molecular weight excluding hydrogens is 402 g/mol. The van der Waals surface area contributed by atoms with Crippen molar-refractivity contribution in [2.75, 3.05) is 6.61 Å². The molecule has 6 heteroatoms. The van der Waals surface area contributed by atoms with E-state index in [0.29, 0.717) is 16.9 Å². The van der Waals surface area contributed by atoms with Gasteiger partial charge in [0.25, 0.3) is 5.91 Å². The van der Waals surface area contributed by atoms with Gasteiger partial charge < -0.3 is 10.1 Å². The fourth-order valence-electron chi connectivity index (χ4n) is 3.35. The number of rotatable bonds is 8. The second-order valence-corrected chi connectivity index (χ2v) is 7.32. The molecule has 0 aliphatic carbocycles. The molecule has 32 heavy (non-hydrogen) atoms. The number of benzene rings is 3. The van der Waals surface area contributed by atoms with Crippen molar-refractivity contribution < 1.29 is 14.3 Å². The van der Waals surface area contributed by atoms with Gasteiger partial charge in [-0.3, -0.25) is 9.59 Å². The van der Waals surface area contributed by atoms with Gasteiger partial charge in [-0.25, -0.2) is 4.68 Å². The molecule has 3 aromatic carbocycles. The summed E-state index contributed by atoms with van der Waals surface area (Å²) in [7, 11) is 0. The van der Waals surface area contributed by atoms with E-state index in [-0.39, 0.29) is 24.3 Å². The van der Waals surface area contributed by atoms with Crippen molar-refractivity contribution in [3.63, 3.8) is 0 Å². The Labute approximate surface area is 186 Å². The minimum Gasteiger partial charge on any atom is -0.483 e. The molecule has 1 amide bonds. The van der Waals surface area contributed by atoms with Gasteiger partial charge >= 0.3 is 0 Å². The highest BCUT2D eigenvalue weighted by Gasteiger charge is 2.18. The van der Waals surface area contributed by atoms with Crippen LogP contribution in [0, 0.1) is 0 Å². The lowest BCUT2D eigenvalue weighted by Crippen LogP contribution is -2.31. The van der Waals surface area contributed by atoms with Crippen molar-refractivity contribution >= 4 is 11.7 Å². The Hall–Kier alpha value is -4.19. The molecule has 4 aromatic rings. The molecular formula is C26H23N3O3. The summed E-state index contributed by atoms with van der Waals surface area (Å²) in [5, 5.41) is 7.20. The first kappa shape index (κ1) is 21.1. The van der Waals surface area contributed by atoms with Crippen molar-refractivity contribution in [2.24, 2.45) is 0 Å². The van der Waals surface area contributed by atoms with Crippen LogP contribution in [0.1, 0.15) is 34.5 Å². The standard InChI is InChI=1S/C26H23N3O3/c1-19(20-10-4-2-5-11-20)28-25(30)18-32-24-15-9-8-14-23(24)26(31)21-16-27-29(17-21)22-12-6-3-7-13-22/h2-17,19H,18H2,1H3,(H,28,30). The Morgan fingerprint density at radius 1 is 0.938 bits per heavy atom. The molecule has 0 fully saturated rings. The van der Waals surface area contributed by atoms with Crippen molar-refractivity contribution in [2.45, 2.75) is 13.0 Å². The van der Waals surface area contributed by atoms with E-state index in [0.717, 1.165) is 11.3 Å². The number of hydrogen-bond donors (Lipinski definition) is 1. The van der Waals surface area contributed by atoms with Crippen molar-refractivity contribution in [3.8, 4) is 11.4 Å². The summed E-state index contributed by atoms with van der Waals surface area (Å²) < 4.78 is 7.36. The summed E-state index contributed by atoms with van der Waals surface area (Å²) in [6, 6.07) is 26.0. The molecule has 0 saturated carbocycles. The van der Waals surface area contributed by atoms with Crippen LogP contribution in [-0.4, -0.2) is 28.1 Å². The largest absolute Gasteiger partial charge is 0.483 e. The lowest BCUT2D eigenvalue weighted by Gasteiger charge is -2.15. The maximum atomic E-state index is 13.1. The second-order valence-electron chi connectivity index (χ2n) is 7.32. The van der Waals surface area contributed by atoms with Crippen LogP contribution in [-0.2, 0) is 4.79 Å². The first-order valence-electron chi connectivity index (χ1n) is 10.3. The van der Waals surface area contributed by atoms with E-state index >= 15 is 0 Å². The van der Waals surface area contributed by atoms with Crippen LogP contribution >= 0.6 is 0 Å². The zero-order chi connectivity index (χ0) is 22.3. The Morgan fingerprint density at radius 2 is 1.59 bits per heavy atom. The summed E-state index contributed by atoms with van der Waals surface area (Å²) in [5.74, 6) is -0.131. The molecule has 1 aromatic heterocycles. The van der Waals surface area contributed by atoms with Crippen LogP contribution in [0.2, 0.25) is 0 Å². The molecule has 1 unspecified atom stereocenters. The van der Waals surface area contributed by atoms with Crippen LogP contribution in [0.5, 0.6) is 5.75 Å². The summed E-state index contributed by atoms with van der Waals surface area (Å²) in [6.07, 6.45) is 3.21. The van der Waals surface area contributed by atoms with Gasteiger partial charge in [0.2, 0.25) is 0 Å². The van der Waals surface area contributed by atoms with Crippen LogP contribution in [0.15, 0.2) is 97.3 Å². The van der Waals surface area contributed by atoms with E-state index in [1.807, 2.05) is 67.6 Å². The topological polar surface area (TPSA) is 73.2 Å². The van der Waals surface area contributed by atoms with Gasteiger partial charge in [-0.05, 0) is 36.8 Å². The molecule has 4 rings (SSSR count). The first-order chi connectivity index (χ1) is 15.6. The highest BCUT2D eigenvalue weighted by atomic mass is 16.5. The van der Waals surface area contributed by atoms with Gasteiger partial charge in [0.05, 0.1) is 29.1 Å². The SMILES string of the molecule is CC(NC(=O)COc1ccccc1C(=O)c1cnn(-c2ccccc2)c1)c1ccccc1. The van der Waals surface area contributed by atoms with Crippen LogP contribution in [0.4, 0.5) is 0 Å². The monoisotopic (exact) mass is 425 g/mol. The molecule has 1 heterocycles. The average Bonchev–Trinajstić information content (AvgIpc) is 3.34. The quantitative estimate of drug-likeness (QED) is 0.426. The van der Waals surface area contributed by atoms with Gasteiger partial charge in [0.1, 0.15) is 5.75 Å². The minimum absolute atomic E-state index is 0.145. The molecule has 0 spiro atoms. The first-order valence-corrected chi connectivity index (χ1v) is 10.3. The van der Waals surface area contributed by atoms with E-state index < -0.39 is 0 Å². The number of nitrogens with zero attached hydrogens (tertiary/aromatic N) is 2. The molecule has 0 aliphatic heterocycles. The molecule has 0 radical (unpaired) electrons. The van der Waals surface area contributed by atoms with Gasteiger partial charge in [0.15, 0.2) is 12.4 Å². The number of hydrogen-bond acceptors (Lipinski definition) is 4. The smallest absolute Gasteiger partial charge is 0.258 e. The second kappa shape index (κ2) is 9.75. The molecule has 6 nitrogen and oxygen atoms in total. The van der Waals surface area contributed by atoms with E-state index in [4.69, 9.17) is 4.74 Å². The number of carbonyl (C=O) groups excluding carboxylic acids is 2. The molecule has 160 valence electrons. The van der Waals surface area contributed by atoms with Crippen LogP contribution in [0.3, 0.4) is 0 Å². The average molecular weight is 425 g/mol.